The Morgan fingerprint density at radius 2 is 2.00 bits per heavy atom. The standard InChI is InChI=1S/C16H21N3O2S/c1-12(2)18-11-14(10-17-18)22(20,21)19-9-8-13(3)15-6-4-5-7-16(15)19/h4-7,10-13H,8-9H2,1-3H3/t13-/m1/s1. The number of sulfonamides is 1. The smallest absolute Gasteiger partial charge is 0.267 e. The maximum atomic E-state index is 13.0. The second kappa shape index (κ2) is 5.43. The molecule has 0 spiro atoms. The van der Waals surface area contributed by atoms with Crippen LogP contribution >= 0.6 is 0 Å². The van der Waals surface area contributed by atoms with Crippen molar-refractivity contribution in [1.82, 2.24) is 9.78 Å². The van der Waals surface area contributed by atoms with Gasteiger partial charge in [-0.3, -0.25) is 8.99 Å². The summed E-state index contributed by atoms with van der Waals surface area (Å²) >= 11 is 0. The fraction of sp³-hybridized carbons (Fsp3) is 0.438. The molecule has 2 heterocycles. The number of anilines is 1. The third kappa shape index (κ3) is 2.41. The zero-order valence-corrected chi connectivity index (χ0v) is 13.9. The number of fused-ring (bicyclic) bond motifs is 1. The lowest BCUT2D eigenvalue weighted by atomic mass is 9.93. The van der Waals surface area contributed by atoms with Gasteiger partial charge in [-0.2, -0.15) is 5.10 Å². The zero-order chi connectivity index (χ0) is 15.9. The molecule has 0 unspecified atom stereocenters. The Morgan fingerprint density at radius 1 is 1.27 bits per heavy atom. The van der Waals surface area contributed by atoms with E-state index in [1.54, 1.807) is 10.9 Å². The first kappa shape index (κ1) is 15.1. The Kier molecular flexibility index (Phi) is 3.72. The lowest BCUT2D eigenvalue weighted by molar-refractivity contribution is 0.531. The maximum Gasteiger partial charge on any atom is 0.267 e. The second-order valence-electron chi connectivity index (χ2n) is 6.08. The topological polar surface area (TPSA) is 55.2 Å². The summed E-state index contributed by atoms with van der Waals surface area (Å²) in [6.45, 7) is 6.59. The molecule has 22 heavy (non-hydrogen) atoms. The fourth-order valence-electron chi connectivity index (χ4n) is 2.83. The zero-order valence-electron chi connectivity index (χ0n) is 13.1. The van der Waals surface area contributed by atoms with Crippen molar-refractivity contribution in [1.29, 1.82) is 0 Å². The Hall–Kier alpha value is -1.82. The molecule has 1 atom stereocenters. The summed E-state index contributed by atoms with van der Waals surface area (Å²) in [4.78, 5) is 0.255. The van der Waals surface area contributed by atoms with Crippen molar-refractivity contribution in [2.45, 2.75) is 44.0 Å². The van der Waals surface area contributed by atoms with Crippen LogP contribution < -0.4 is 4.31 Å². The number of benzene rings is 1. The summed E-state index contributed by atoms with van der Waals surface area (Å²) in [6, 6.07) is 7.88. The van der Waals surface area contributed by atoms with Crippen molar-refractivity contribution in [2.75, 3.05) is 10.8 Å². The van der Waals surface area contributed by atoms with E-state index < -0.39 is 10.0 Å². The van der Waals surface area contributed by atoms with Gasteiger partial charge in [-0.1, -0.05) is 25.1 Å². The lowest BCUT2D eigenvalue weighted by Gasteiger charge is -2.33. The van der Waals surface area contributed by atoms with E-state index in [0.717, 1.165) is 17.7 Å². The monoisotopic (exact) mass is 319 g/mol. The Bertz CT molecular complexity index is 780. The molecule has 0 fully saturated rings. The van der Waals surface area contributed by atoms with Gasteiger partial charge < -0.3 is 0 Å². The van der Waals surface area contributed by atoms with Crippen LogP contribution in [0.1, 0.15) is 44.7 Å². The van der Waals surface area contributed by atoms with Gasteiger partial charge in [0.1, 0.15) is 4.90 Å². The van der Waals surface area contributed by atoms with Gasteiger partial charge in [0.25, 0.3) is 10.0 Å². The van der Waals surface area contributed by atoms with E-state index >= 15 is 0 Å². The van der Waals surface area contributed by atoms with Gasteiger partial charge >= 0.3 is 0 Å². The largest absolute Gasteiger partial charge is 0.269 e. The van der Waals surface area contributed by atoms with Crippen LogP contribution in [0.25, 0.3) is 0 Å². The van der Waals surface area contributed by atoms with Crippen LogP contribution in [0.4, 0.5) is 5.69 Å². The molecule has 1 aliphatic heterocycles. The summed E-state index contributed by atoms with van der Waals surface area (Å²) in [5.74, 6) is 0.376. The fourth-order valence-corrected chi connectivity index (χ4v) is 4.28. The highest BCUT2D eigenvalue weighted by Crippen LogP contribution is 2.37. The van der Waals surface area contributed by atoms with Crippen molar-refractivity contribution in [3.8, 4) is 0 Å². The molecule has 5 nitrogen and oxygen atoms in total. The number of para-hydroxylation sites is 1. The average molecular weight is 319 g/mol. The molecule has 0 bridgehead atoms. The van der Waals surface area contributed by atoms with E-state index in [9.17, 15) is 8.42 Å². The number of hydrogen-bond donors (Lipinski definition) is 0. The molecule has 1 aromatic carbocycles. The molecule has 0 radical (unpaired) electrons. The van der Waals surface area contributed by atoms with Gasteiger partial charge in [-0.05, 0) is 37.8 Å². The SMILES string of the molecule is CC(C)n1cc(S(=O)(=O)N2CC[C@@H](C)c3ccccc32)cn1. The van der Waals surface area contributed by atoms with Crippen LogP contribution in [0.3, 0.4) is 0 Å². The highest BCUT2D eigenvalue weighted by Gasteiger charge is 2.32. The van der Waals surface area contributed by atoms with Crippen molar-refractivity contribution in [3.05, 3.63) is 42.2 Å². The van der Waals surface area contributed by atoms with E-state index in [1.807, 2.05) is 38.1 Å². The van der Waals surface area contributed by atoms with Crippen molar-refractivity contribution in [2.24, 2.45) is 0 Å². The highest BCUT2D eigenvalue weighted by atomic mass is 32.2. The molecule has 0 amide bonds. The van der Waals surface area contributed by atoms with E-state index in [1.165, 1.54) is 10.5 Å². The molecule has 0 saturated heterocycles. The van der Waals surface area contributed by atoms with Crippen LogP contribution in [0.2, 0.25) is 0 Å². The van der Waals surface area contributed by atoms with E-state index in [-0.39, 0.29) is 10.9 Å². The molecule has 6 heteroatoms. The van der Waals surface area contributed by atoms with Gasteiger partial charge in [0.2, 0.25) is 0 Å². The quantitative estimate of drug-likeness (QED) is 0.873. The molecule has 0 N–H and O–H groups in total. The van der Waals surface area contributed by atoms with Gasteiger partial charge in [0.05, 0.1) is 11.9 Å². The summed E-state index contributed by atoms with van der Waals surface area (Å²) in [7, 11) is -3.56. The molecule has 0 aliphatic carbocycles. The lowest BCUT2D eigenvalue weighted by Crippen LogP contribution is -2.36. The summed E-state index contributed by atoms with van der Waals surface area (Å²) in [6.07, 6.45) is 3.88. The van der Waals surface area contributed by atoms with Crippen LogP contribution in [0, 0.1) is 0 Å². The highest BCUT2D eigenvalue weighted by molar-refractivity contribution is 7.92. The van der Waals surface area contributed by atoms with Crippen LogP contribution in [-0.4, -0.2) is 24.7 Å². The maximum absolute atomic E-state index is 13.0. The molecule has 0 saturated carbocycles. The third-order valence-corrected chi connectivity index (χ3v) is 5.96. The molecule has 1 aliphatic rings. The predicted molar refractivity (Wildman–Crippen MR) is 86.6 cm³/mol. The Morgan fingerprint density at radius 3 is 2.68 bits per heavy atom. The second-order valence-corrected chi connectivity index (χ2v) is 7.94. The molecule has 1 aromatic heterocycles. The van der Waals surface area contributed by atoms with Gasteiger partial charge in [-0.15, -0.1) is 0 Å². The average Bonchev–Trinajstić information content (AvgIpc) is 2.98. The van der Waals surface area contributed by atoms with E-state index in [4.69, 9.17) is 0 Å². The number of nitrogens with zero attached hydrogens (tertiary/aromatic N) is 3. The normalized spacial score (nSPS) is 18.5. The van der Waals surface area contributed by atoms with Gasteiger partial charge in [0, 0.05) is 18.8 Å². The minimum Gasteiger partial charge on any atom is -0.269 e. The number of rotatable bonds is 3. The Labute approximate surface area is 131 Å². The first-order chi connectivity index (χ1) is 10.4. The molecule has 118 valence electrons. The summed E-state index contributed by atoms with van der Waals surface area (Å²) in [5.41, 5.74) is 1.88. The first-order valence-electron chi connectivity index (χ1n) is 7.57. The summed E-state index contributed by atoms with van der Waals surface area (Å²) < 4.78 is 29.1. The van der Waals surface area contributed by atoms with Crippen molar-refractivity contribution >= 4 is 15.7 Å². The molecular weight excluding hydrogens is 298 g/mol. The molecule has 3 rings (SSSR count). The Balaban J connectivity index is 2.04. The number of hydrogen-bond acceptors (Lipinski definition) is 3. The molecule has 2 aromatic rings. The van der Waals surface area contributed by atoms with E-state index in [2.05, 4.69) is 12.0 Å². The van der Waals surface area contributed by atoms with Crippen LogP contribution in [-0.2, 0) is 10.0 Å². The summed E-state index contributed by atoms with van der Waals surface area (Å²) in [5, 5.41) is 4.16. The predicted octanol–water partition coefficient (Wildman–Crippen LogP) is 3.17. The third-order valence-electron chi connectivity index (χ3n) is 4.20. The van der Waals surface area contributed by atoms with E-state index in [0.29, 0.717) is 12.5 Å². The van der Waals surface area contributed by atoms with Crippen LogP contribution in [0.15, 0.2) is 41.6 Å². The van der Waals surface area contributed by atoms with Crippen molar-refractivity contribution < 1.29 is 8.42 Å². The molecular formula is C16H21N3O2S. The van der Waals surface area contributed by atoms with Gasteiger partial charge in [0.15, 0.2) is 0 Å². The van der Waals surface area contributed by atoms with Crippen molar-refractivity contribution in [3.63, 3.8) is 0 Å². The minimum absolute atomic E-state index is 0.137. The number of aromatic nitrogens is 2. The van der Waals surface area contributed by atoms with Gasteiger partial charge in [-0.25, -0.2) is 8.42 Å². The van der Waals surface area contributed by atoms with Crippen LogP contribution in [0.5, 0.6) is 0 Å². The first-order valence-corrected chi connectivity index (χ1v) is 9.01. The minimum atomic E-state index is -3.56.